The highest BCUT2D eigenvalue weighted by Gasteiger charge is 2.20. The van der Waals surface area contributed by atoms with Gasteiger partial charge >= 0.3 is 0 Å². The zero-order valence-electron chi connectivity index (χ0n) is 12.7. The van der Waals surface area contributed by atoms with Crippen LogP contribution < -0.4 is 0 Å². The number of hydrogen-bond acceptors (Lipinski definition) is 1. The first-order valence-electron chi connectivity index (χ1n) is 7.76. The summed E-state index contributed by atoms with van der Waals surface area (Å²) < 4.78 is 6.10. The van der Waals surface area contributed by atoms with Gasteiger partial charge in [0.2, 0.25) is 0 Å². The molecule has 0 aliphatic heterocycles. The predicted octanol–water partition coefficient (Wildman–Crippen LogP) is 5.76. The average molecular weight is 259 g/mol. The van der Waals surface area contributed by atoms with Crippen molar-refractivity contribution in [2.75, 3.05) is 6.61 Å². The Morgan fingerprint density at radius 2 is 1.24 bits per heavy atom. The zero-order valence-corrected chi connectivity index (χ0v) is 13.7. The molecule has 0 saturated heterocycles. The van der Waals surface area contributed by atoms with Crippen LogP contribution in [0.3, 0.4) is 0 Å². The molecule has 0 aliphatic carbocycles. The lowest BCUT2D eigenvalue weighted by Gasteiger charge is -2.22. The molecule has 1 nitrogen and oxygen atoms in total. The first-order chi connectivity index (χ1) is 8.12. The van der Waals surface area contributed by atoms with Gasteiger partial charge in [0.25, 0.3) is 0 Å². The van der Waals surface area contributed by atoms with Gasteiger partial charge in [0, 0.05) is 6.61 Å². The Bertz CT molecular complexity index is 157. The Labute approximate surface area is 110 Å². The minimum absolute atomic E-state index is 1.01. The predicted molar refractivity (Wildman–Crippen MR) is 81.1 cm³/mol. The lowest BCUT2D eigenvalue weighted by atomic mass is 10.1. The van der Waals surface area contributed by atoms with Gasteiger partial charge < -0.3 is 4.43 Å². The Morgan fingerprint density at radius 3 is 1.82 bits per heavy atom. The standard InChI is InChI=1S/C15H34OSi/c1-5-7-9-10-11-12-13-14-16-17(3,4)15-8-6-2/h5-15H2,1-4H3. The monoisotopic (exact) mass is 258 g/mol. The third-order valence-corrected chi connectivity index (χ3v) is 5.92. The summed E-state index contributed by atoms with van der Waals surface area (Å²) in [6, 6.07) is 1.33. The molecule has 0 rings (SSSR count). The Kier molecular flexibility index (Phi) is 11.4. The van der Waals surface area contributed by atoms with Gasteiger partial charge in [-0.2, -0.15) is 0 Å². The second-order valence-electron chi connectivity index (χ2n) is 5.83. The van der Waals surface area contributed by atoms with E-state index >= 15 is 0 Å². The normalized spacial score (nSPS) is 12.0. The van der Waals surface area contributed by atoms with Crippen molar-refractivity contribution in [3.8, 4) is 0 Å². The van der Waals surface area contributed by atoms with Crippen LogP contribution in [-0.4, -0.2) is 14.9 Å². The van der Waals surface area contributed by atoms with Crippen LogP contribution in [-0.2, 0) is 4.43 Å². The maximum Gasteiger partial charge on any atom is 0.186 e. The lowest BCUT2D eigenvalue weighted by Crippen LogP contribution is -2.30. The van der Waals surface area contributed by atoms with Crippen molar-refractivity contribution < 1.29 is 4.43 Å². The van der Waals surface area contributed by atoms with E-state index in [0.717, 1.165) is 6.61 Å². The smallest absolute Gasteiger partial charge is 0.186 e. The number of hydrogen-bond donors (Lipinski definition) is 0. The fourth-order valence-electron chi connectivity index (χ4n) is 2.08. The van der Waals surface area contributed by atoms with Crippen molar-refractivity contribution >= 4 is 8.32 Å². The molecule has 0 N–H and O–H groups in total. The van der Waals surface area contributed by atoms with Crippen LogP contribution in [0.1, 0.15) is 71.6 Å². The third kappa shape index (κ3) is 12.4. The molecule has 104 valence electrons. The van der Waals surface area contributed by atoms with Gasteiger partial charge in [-0.05, 0) is 25.6 Å². The average Bonchev–Trinajstić information content (AvgIpc) is 2.30. The molecule has 0 aliphatic rings. The molecule has 0 unspecified atom stereocenters. The second kappa shape index (κ2) is 11.3. The van der Waals surface area contributed by atoms with E-state index in [4.69, 9.17) is 4.43 Å². The highest BCUT2D eigenvalue weighted by molar-refractivity contribution is 6.71. The molecule has 0 spiro atoms. The van der Waals surface area contributed by atoms with Crippen molar-refractivity contribution in [1.29, 1.82) is 0 Å². The summed E-state index contributed by atoms with van der Waals surface area (Å²) in [5, 5.41) is 0. The Hall–Kier alpha value is 0.177. The Morgan fingerprint density at radius 1 is 0.706 bits per heavy atom. The molecule has 0 saturated carbocycles. The van der Waals surface area contributed by atoms with Gasteiger partial charge in [-0.25, -0.2) is 0 Å². The van der Waals surface area contributed by atoms with E-state index in [2.05, 4.69) is 26.9 Å². The fourth-order valence-corrected chi connectivity index (χ4v) is 4.13. The van der Waals surface area contributed by atoms with E-state index in [0.29, 0.717) is 0 Å². The summed E-state index contributed by atoms with van der Waals surface area (Å²) in [4.78, 5) is 0. The van der Waals surface area contributed by atoms with E-state index in [1.54, 1.807) is 0 Å². The third-order valence-electron chi connectivity index (χ3n) is 3.37. The van der Waals surface area contributed by atoms with Crippen molar-refractivity contribution in [2.24, 2.45) is 0 Å². The minimum atomic E-state index is -1.31. The van der Waals surface area contributed by atoms with Crippen LogP contribution in [0.15, 0.2) is 0 Å². The highest BCUT2D eigenvalue weighted by atomic mass is 28.4. The maximum atomic E-state index is 6.10. The summed E-state index contributed by atoms with van der Waals surface area (Å²) in [7, 11) is -1.31. The van der Waals surface area contributed by atoms with Crippen LogP contribution in [0.5, 0.6) is 0 Å². The van der Waals surface area contributed by atoms with Gasteiger partial charge in [0.1, 0.15) is 0 Å². The minimum Gasteiger partial charge on any atom is -0.417 e. The summed E-state index contributed by atoms with van der Waals surface area (Å²) in [6.45, 7) is 10.3. The SMILES string of the molecule is CCCCCCCCCO[Si](C)(C)CCCC. The molecular formula is C15H34OSi. The van der Waals surface area contributed by atoms with Crippen molar-refractivity contribution in [3.05, 3.63) is 0 Å². The van der Waals surface area contributed by atoms with E-state index in [-0.39, 0.29) is 0 Å². The van der Waals surface area contributed by atoms with E-state index < -0.39 is 8.32 Å². The number of rotatable bonds is 12. The fraction of sp³-hybridized carbons (Fsp3) is 1.00. The first kappa shape index (κ1) is 17.2. The van der Waals surface area contributed by atoms with Gasteiger partial charge in [0.15, 0.2) is 8.32 Å². The molecule has 0 atom stereocenters. The molecule has 2 heteroatoms. The maximum absolute atomic E-state index is 6.10. The number of unbranched alkanes of at least 4 members (excludes halogenated alkanes) is 7. The molecule has 0 aromatic rings. The Balaban J connectivity index is 3.26. The van der Waals surface area contributed by atoms with Gasteiger partial charge in [-0.15, -0.1) is 0 Å². The molecule has 0 amide bonds. The highest BCUT2D eigenvalue weighted by Crippen LogP contribution is 2.16. The van der Waals surface area contributed by atoms with E-state index in [9.17, 15) is 0 Å². The van der Waals surface area contributed by atoms with Gasteiger partial charge in [0.05, 0.1) is 0 Å². The van der Waals surface area contributed by atoms with Crippen LogP contribution in [0.4, 0.5) is 0 Å². The summed E-state index contributed by atoms with van der Waals surface area (Å²) in [5.41, 5.74) is 0. The quantitative estimate of drug-likeness (QED) is 0.319. The van der Waals surface area contributed by atoms with Gasteiger partial charge in [-0.1, -0.05) is 65.2 Å². The first-order valence-corrected chi connectivity index (χ1v) is 10.9. The molecular weight excluding hydrogens is 224 g/mol. The molecule has 17 heavy (non-hydrogen) atoms. The molecule has 0 heterocycles. The van der Waals surface area contributed by atoms with E-state index in [1.165, 1.54) is 63.8 Å². The lowest BCUT2D eigenvalue weighted by molar-refractivity contribution is 0.293. The second-order valence-corrected chi connectivity index (χ2v) is 10.1. The van der Waals surface area contributed by atoms with Gasteiger partial charge in [-0.3, -0.25) is 0 Å². The van der Waals surface area contributed by atoms with Crippen LogP contribution >= 0.6 is 0 Å². The zero-order chi connectivity index (χ0) is 13.0. The van der Waals surface area contributed by atoms with Crippen LogP contribution in [0.2, 0.25) is 19.1 Å². The van der Waals surface area contributed by atoms with Crippen molar-refractivity contribution in [1.82, 2.24) is 0 Å². The molecule has 0 bridgehead atoms. The largest absolute Gasteiger partial charge is 0.417 e. The van der Waals surface area contributed by atoms with Crippen LogP contribution in [0.25, 0.3) is 0 Å². The van der Waals surface area contributed by atoms with Crippen molar-refractivity contribution in [3.63, 3.8) is 0 Å². The topological polar surface area (TPSA) is 9.23 Å². The molecule has 0 aromatic heterocycles. The molecule has 0 radical (unpaired) electrons. The summed E-state index contributed by atoms with van der Waals surface area (Å²) in [5.74, 6) is 0. The summed E-state index contributed by atoms with van der Waals surface area (Å²) >= 11 is 0. The van der Waals surface area contributed by atoms with Crippen molar-refractivity contribution in [2.45, 2.75) is 90.8 Å². The van der Waals surface area contributed by atoms with E-state index in [1.807, 2.05) is 0 Å². The van der Waals surface area contributed by atoms with Crippen LogP contribution in [0, 0.1) is 0 Å². The summed E-state index contributed by atoms with van der Waals surface area (Å²) in [6.07, 6.45) is 12.3. The molecule has 0 fully saturated rings. The molecule has 0 aromatic carbocycles.